The molecule has 0 spiro atoms. The Morgan fingerprint density at radius 1 is 1.04 bits per heavy atom. The van der Waals surface area contributed by atoms with Crippen molar-refractivity contribution < 1.29 is 24.3 Å². The molecule has 0 heterocycles. The fourth-order valence-corrected chi connectivity index (χ4v) is 1.98. The zero-order valence-corrected chi connectivity index (χ0v) is 15.5. The number of aliphatic carboxylic acids is 1. The number of rotatable bonds is 12. The van der Waals surface area contributed by atoms with E-state index in [1.807, 2.05) is 0 Å². The summed E-state index contributed by atoms with van der Waals surface area (Å²) in [7, 11) is 0. The van der Waals surface area contributed by atoms with Gasteiger partial charge in [0.25, 0.3) is 0 Å². The van der Waals surface area contributed by atoms with Gasteiger partial charge in [-0.15, -0.1) is 0 Å². The Morgan fingerprint density at radius 2 is 1.63 bits per heavy atom. The molecule has 0 saturated heterocycles. The van der Waals surface area contributed by atoms with Crippen molar-refractivity contribution in [3.63, 3.8) is 0 Å². The third kappa shape index (κ3) is 11.4. The highest BCUT2D eigenvalue weighted by Crippen LogP contribution is 2.01. The van der Waals surface area contributed by atoms with Crippen molar-refractivity contribution in [1.29, 1.82) is 0 Å². The quantitative estimate of drug-likeness (QED) is 0.103. The number of guanidine groups is 1. The minimum absolute atomic E-state index is 0.0446. The van der Waals surface area contributed by atoms with Gasteiger partial charge in [0.1, 0.15) is 12.6 Å². The maximum Gasteiger partial charge on any atom is 0.322 e. The van der Waals surface area contributed by atoms with Crippen LogP contribution >= 0.6 is 0 Å². The Morgan fingerprint density at radius 3 is 2.15 bits per heavy atom. The average molecular weight is 387 g/mol. The van der Waals surface area contributed by atoms with Crippen molar-refractivity contribution in [2.75, 3.05) is 19.6 Å². The summed E-state index contributed by atoms with van der Waals surface area (Å²) in [5.74, 6) is -3.26. The molecule has 154 valence electrons. The molecule has 2 unspecified atom stereocenters. The SMILES string of the molecule is CC(C)C(NC(=O)CNC(=O)C(N)CCCN=C(N)N)C(=O)NCC(=O)O. The van der Waals surface area contributed by atoms with Gasteiger partial charge in [-0.3, -0.25) is 24.2 Å². The number of nitrogens with one attached hydrogen (secondary N) is 3. The number of carboxylic acids is 1. The van der Waals surface area contributed by atoms with E-state index < -0.39 is 42.3 Å². The standard InChI is InChI=1S/C15H29N7O5/c1-8(2)12(14(27)21-7-11(24)25)22-10(23)6-20-13(26)9(16)4-3-5-19-15(17)18/h8-9,12H,3-7,16H2,1-2H3,(H,20,26)(H,21,27)(H,22,23)(H,24,25)(H4,17,18,19). The van der Waals surface area contributed by atoms with Gasteiger partial charge in [0.15, 0.2) is 5.96 Å². The van der Waals surface area contributed by atoms with Gasteiger partial charge in [-0.1, -0.05) is 13.8 Å². The molecule has 0 saturated carbocycles. The highest BCUT2D eigenvalue weighted by molar-refractivity contribution is 5.92. The van der Waals surface area contributed by atoms with Gasteiger partial charge >= 0.3 is 5.97 Å². The van der Waals surface area contributed by atoms with E-state index in [0.717, 1.165) is 0 Å². The summed E-state index contributed by atoms with van der Waals surface area (Å²) >= 11 is 0. The summed E-state index contributed by atoms with van der Waals surface area (Å²) in [5, 5.41) is 15.6. The molecule has 0 rings (SSSR count). The number of hydrogen-bond acceptors (Lipinski definition) is 6. The zero-order chi connectivity index (χ0) is 21.0. The van der Waals surface area contributed by atoms with E-state index in [-0.39, 0.29) is 18.4 Å². The van der Waals surface area contributed by atoms with E-state index in [1.165, 1.54) is 0 Å². The molecule has 0 aromatic rings. The summed E-state index contributed by atoms with van der Waals surface area (Å²) < 4.78 is 0. The van der Waals surface area contributed by atoms with Crippen LogP contribution < -0.4 is 33.2 Å². The van der Waals surface area contributed by atoms with Crippen LogP contribution in [0, 0.1) is 5.92 Å². The molecule has 0 aliphatic rings. The number of carboxylic acid groups (broad SMARTS) is 1. The first-order chi connectivity index (χ1) is 12.5. The number of nitrogens with zero attached hydrogens (tertiary/aromatic N) is 1. The molecular weight excluding hydrogens is 358 g/mol. The first kappa shape index (κ1) is 24.1. The summed E-state index contributed by atoms with van der Waals surface area (Å²) in [6, 6.07) is -1.76. The van der Waals surface area contributed by atoms with Crippen LogP contribution in [0.3, 0.4) is 0 Å². The third-order valence-electron chi connectivity index (χ3n) is 3.41. The summed E-state index contributed by atoms with van der Waals surface area (Å²) in [5.41, 5.74) is 16.1. The van der Waals surface area contributed by atoms with E-state index >= 15 is 0 Å². The first-order valence-corrected chi connectivity index (χ1v) is 8.42. The second-order valence-electron chi connectivity index (χ2n) is 6.17. The zero-order valence-electron chi connectivity index (χ0n) is 15.5. The molecule has 27 heavy (non-hydrogen) atoms. The lowest BCUT2D eigenvalue weighted by atomic mass is 10.0. The van der Waals surface area contributed by atoms with E-state index in [1.54, 1.807) is 13.8 Å². The molecule has 12 nitrogen and oxygen atoms in total. The number of carbonyl (C=O) groups is 4. The molecule has 0 fully saturated rings. The van der Waals surface area contributed by atoms with Crippen LogP contribution in [0.5, 0.6) is 0 Å². The number of hydrogen-bond donors (Lipinski definition) is 7. The van der Waals surface area contributed by atoms with Gasteiger partial charge in [0.2, 0.25) is 17.7 Å². The number of nitrogens with two attached hydrogens (primary N) is 3. The Kier molecular flexibility index (Phi) is 11.1. The van der Waals surface area contributed by atoms with Gasteiger partial charge in [-0.25, -0.2) is 0 Å². The topological polar surface area (TPSA) is 215 Å². The van der Waals surface area contributed by atoms with Crippen LogP contribution in [0.15, 0.2) is 4.99 Å². The molecule has 12 heteroatoms. The van der Waals surface area contributed by atoms with Gasteiger partial charge in [-0.2, -0.15) is 0 Å². The van der Waals surface area contributed by atoms with E-state index in [2.05, 4.69) is 20.9 Å². The van der Waals surface area contributed by atoms with Crippen molar-refractivity contribution in [1.82, 2.24) is 16.0 Å². The maximum atomic E-state index is 12.0. The highest BCUT2D eigenvalue weighted by Gasteiger charge is 2.24. The minimum Gasteiger partial charge on any atom is -0.480 e. The predicted octanol–water partition coefficient (Wildman–Crippen LogP) is -3.17. The van der Waals surface area contributed by atoms with Crippen LogP contribution in [0.25, 0.3) is 0 Å². The first-order valence-electron chi connectivity index (χ1n) is 8.42. The van der Waals surface area contributed by atoms with Crippen LogP contribution in [0.2, 0.25) is 0 Å². The Bertz CT molecular complexity index is 561. The Labute approximate surface area is 157 Å². The van der Waals surface area contributed by atoms with Gasteiger partial charge in [0.05, 0.1) is 12.6 Å². The molecule has 0 aliphatic heterocycles. The van der Waals surface area contributed by atoms with Crippen LogP contribution in [-0.2, 0) is 19.2 Å². The third-order valence-corrected chi connectivity index (χ3v) is 3.41. The Hall–Kier alpha value is -2.89. The van der Waals surface area contributed by atoms with E-state index in [0.29, 0.717) is 19.4 Å². The lowest BCUT2D eigenvalue weighted by molar-refractivity contribution is -0.138. The molecule has 10 N–H and O–H groups in total. The van der Waals surface area contributed by atoms with Gasteiger partial charge in [0, 0.05) is 6.54 Å². The lowest BCUT2D eigenvalue weighted by Crippen LogP contribution is -2.53. The molecule has 3 amide bonds. The fraction of sp³-hybridized carbons (Fsp3) is 0.667. The molecule has 2 atom stereocenters. The Balaban J connectivity index is 4.36. The molecular formula is C15H29N7O5. The molecule has 0 aromatic carbocycles. The number of carbonyl (C=O) groups excluding carboxylic acids is 3. The van der Waals surface area contributed by atoms with Crippen LogP contribution in [0.4, 0.5) is 0 Å². The van der Waals surface area contributed by atoms with E-state index in [9.17, 15) is 19.2 Å². The highest BCUT2D eigenvalue weighted by atomic mass is 16.4. The molecule has 0 aromatic heterocycles. The van der Waals surface area contributed by atoms with Crippen molar-refractivity contribution >= 4 is 29.7 Å². The fourth-order valence-electron chi connectivity index (χ4n) is 1.98. The van der Waals surface area contributed by atoms with E-state index in [4.69, 9.17) is 22.3 Å². The second kappa shape index (κ2) is 12.5. The van der Waals surface area contributed by atoms with Crippen LogP contribution in [-0.4, -0.2) is 66.5 Å². The second-order valence-corrected chi connectivity index (χ2v) is 6.17. The summed E-state index contributed by atoms with van der Waals surface area (Å²) in [6.45, 7) is 2.80. The van der Waals surface area contributed by atoms with Crippen LogP contribution in [0.1, 0.15) is 26.7 Å². The largest absolute Gasteiger partial charge is 0.480 e. The average Bonchev–Trinajstić information content (AvgIpc) is 2.58. The van der Waals surface area contributed by atoms with Crippen molar-refractivity contribution in [3.8, 4) is 0 Å². The summed E-state index contributed by atoms with van der Waals surface area (Å²) in [6.07, 6.45) is 0.828. The minimum atomic E-state index is -1.20. The predicted molar refractivity (Wildman–Crippen MR) is 98.3 cm³/mol. The maximum absolute atomic E-state index is 12.0. The molecule has 0 bridgehead atoms. The summed E-state index contributed by atoms with van der Waals surface area (Å²) in [4.78, 5) is 50.0. The number of aliphatic imine (C=N–C) groups is 1. The van der Waals surface area contributed by atoms with Crippen molar-refractivity contribution in [2.45, 2.75) is 38.8 Å². The normalized spacial score (nSPS) is 12.6. The van der Waals surface area contributed by atoms with Gasteiger partial charge < -0.3 is 38.3 Å². The van der Waals surface area contributed by atoms with Crippen molar-refractivity contribution in [2.24, 2.45) is 28.1 Å². The monoisotopic (exact) mass is 387 g/mol. The van der Waals surface area contributed by atoms with Crippen molar-refractivity contribution in [3.05, 3.63) is 0 Å². The smallest absolute Gasteiger partial charge is 0.322 e. The lowest BCUT2D eigenvalue weighted by Gasteiger charge is -2.21. The number of amides is 3. The molecule has 0 aliphatic carbocycles. The molecule has 0 radical (unpaired) electrons. The van der Waals surface area contributed by atoms with Gasteiger partial charge in [-0.05, 0) is 18.8 Å².